The van der Waals surface area contributed by atoms with E-state index < -0.39 is 9.05 Å². The largest absolute Gasteiger partial charge is 1.00 e. The van der Waals surface area contributed by atoms with Gasteiger partial charge < -0.3 is 20.6 Å². The van der Waals surface area contributed by atoms with Gasteiger partial charge in [-0.05, 0) is 0 Å². The van der Waals surface area contributed by atoms with E-state index >= 15 is 0 Å². The van der Waals surface area contributed by atoms with Crippen molar-refractivity contribution in [2.45, 2.75) is 0 Å². The third kappa shape index (κ3) is 88.7. The van der Waals surface area contributed by atoms with Crippen LogP contribution in [0.15, 0.2) is 0 Å². The zero-order valence-corrected chi connectivity index (χ0v) is 10.9. The molecule has 4 N–H and O–H groups in total. The minimum absolute atomic E-state index is 0. The molecule has 0 aromatic carbocycles. The van der Waals surface area contributed by atoms with Gasteiger partial charge in [0.05, 0.1) is 0 Å². The van der Waals surface area contributed by atoms with Gasteiger partial charge in [0.25, 0.3) is 0 Å². The Balaban J connectivity index is -0.0000000133. The van der Waals surface area contributed by atoms with Gasteiger partial charge in [0, 0.05) is 35.6 Å². The molecule has 0 heterocycles. The molecule has 0 bridgehead atoms. The summed E-state index contributed by atoms with van der Waals surface area (Å²) < 4.78 is 0. The Morgan fingerprint density at radius 1 is 1.00 bits per heavy atom. The molecule has 0 aliphatic carbocycles. The van der Waals surface area contributed by atoms with Crippen molar-refractivity contribution >= 4 is 9.05 Å². The SMILES string of the molecule is F.O[Si](O)(O)O.[H-].[La].[Na+]. The van der Waals surface area contributed by atoms with E-state index in [0.29, 0.717) is 0 Å². The Morgan fingerprint density at radius 2 is 1.00 bits per heavy atom. The van der Waals surface area contributed by atoms with Crippen molar-refractivity contribution in [3.05, 3.63) is 0 Å². The summed E-state index contributed by atoms with van der Waals surface area (Å²) in [6, 6.07) is 0. The maximum absolute atomic E-state index is 7.33. The van der Waals surface area contributed by atoms with E-state index in [1.54, 1.807) is 0 Å². The first-order valence-corrected chi connectivity index (χ1v) is 2.68. The molecular formula is H6FLaNaO4Si. The minimum Gasteiger partial charge on any atom is -1.00 e. The second kappa shape index (κ2) is 9.18. The Morgan fingerprint density at radius 3 is 1.00 bits per heavy atom. The van der Waals surface area contributed by atoms with Crippen LogP contribution < -0.4 is 29.6 Å². The normalized spacial score (nSPS) is 7.50. The van der Waals surface area contributed by atoms with E-state index in [4.69, 9.17) is 19.2 Å². The van der Waals surface area contributed by atoms with Crippen molar-refractivity contribution in [2.24, 2.45) is 0 Å². The number of rotatable bonds is 0. The van der Waals surface area contributed by atoms with Crippen LogP contribution in [0.2, 0.25) is 0 Å². The summed E-state index contributed by atoms with van der Waals surface area (Å²) in [5, 5.41) is 0. The zero-order chi connectivity index (χ0) is 4.50. The van der Waals surface area contributed by atoms with Crippen LogP contribution in [-0.2, 0) is 0 Å². The molecular weight excluding hydrogens is 273 g/mol. The van der Waals surface area contributed by atoms with Gasteiger partial charge in [-0.15, -0.1) is 0 Å². The molecule has 0 aliphatic heterocycles. The van der Waals surface area contributed by atoms with Gasteiger partial charge in [-0.1, -0.05) is 0 Å². The van der Waals surface area contributed by atoms with Crippen LogP contribution in [0.1, 0.15) is 1.43 Å². The van der Waals surface area contributed by atoms with Crippen molar-refractivity contribution in [3.63, 3.8) is 0 Å². The van der Waals surface area contributed by atoms with Crippen LogP contribution in [0.4, 0.5) is 4.70 Å². The Bertz CT molecular complexity index is 36.0. The molecule has 8 heteroatoms. The molecule has 0 aromatic rings. The molecule has 0 atom stereocenters. The van der Waals surface area contributed by atoms with E-state index in [-0.39, 0.29) is 71.3 Å². The maximum atomic E-state index is 7.33. The minimum atomic E-state index is -4.61. The van der Waals surface area contributed by atoms with E-state index in [1.807, 2.05) is 0 Å². The second-order valence-electron chi connectivity index (χ2n) is 0.600. The summed E-state index contributed by atoms with van der Waals surface area (Å²) in [4.78, 5) is 29.3. The van der Waals surface area contributed by atoms with Crippen LogP contribution >= 0.6 is 0 Å². The van der Waals surface area contributed by atoms with Crippen LogP contribution in [0.25, 0.3) is 0 Å². The molecule has 1 radical (unpaired) electrons. The van der Waals surface area contributed by atoms with Crippen molar-refractivity contribution in [1.82, 2.24) is 0 Å². The summed E-state index contributed by atoms with van der Waals surface area (Å²) in [6.45, 7) is 0. The summed E-state index contributed by atoms with van der Waals surface area (Å²) in [5.41, 5.74) is 0. The summed E-state index contributed by atoms with van der Waals surface area (Å²) in [6.07, 6.45) is 0. The van der Waals surface area contributed by atoms with Crippen LogP contribution in [0.5, 0.6) is 0 Å². The predicted octanol–water partition coefficient (Wildman–Crippen LogP) is -5.34. The van der Waals surface area contributed by atoms with E-state index in [9.17, 15) is 0 Å². The van der Waals surface area contributed by atoms with Crippen LogP contribution in [-0.4, -0.2) is 28.2 Å². The monoisotopic (exact) mass is 279 g/mol. The van der Waals surface area contributed by atoms with Crippen molar-refractivity contribution < 1.29 is 90.5 Å². The van der Waals surface area contributed by atoms with E-state index in [2.05, 4.69) is 0 Å². The molecule has 0 aromatic heterocycles. The number of hydrogen-bond acceptors (Lipinski definition) is 4. The van der Waals surface area contributed by atoms with E-state index in [0.717, 1.165) is 0 Å². The molecule has 0 spiro atoms. The fourth-order valence-corrected chi connectivity index (χ4v) is 0. The number of hydrogen-bond donors (Lipinski definition) is 4. The topological polar surface area (TPSA) is 80.9 Å². The van der Waals surface area contributed by atoms with Crippen molar-refractivity contribution in [2.75, 3.05) is 0 Å². The molecule has 8 heavy (non-hydrogen) atoms. The van der Waals surface area contributed by atoms with Gasteiger partial charge in [0.2, 0.25) is 0 Å². The standard InChI is InChI=1S/FH.La.Na.H4O4Si.H/c;;;1-5(2,3)4;/h1H;;;1-4H;/q;;+1;;-1. The molecule has 45 valence electrons. The number of halogens is 1. The molecule has 0 saturated carbocycles. The molecule has 0 rings (SSSR count). The quantitative estimate of drug-likeness (QED) is 0.334. The first kappa shape index (κ1) is 22.5. The Hall–Kier alpha value is 2.18. The summed E-state index contributed by atoms with van der Waals surface area (Å²) in [5.74, 6) is 0. The molecule has 0 fully saturated rings. The first-order valence-electron chi connectivity index (χ1n) is 0.894. The third-order valence-corrected chi connectivity index (χ3v) is 0. The van der Waals surface area contributed by atoms with E-state index in [1.165, 1.54) is 0 Å². The van der Waals surface area contributed by atoms with Crippen molar-refractivity contribution in [3.8, 4) is 0 Å². The Labute approximate surface area is 98.2 Å². The Kier molecular flexibility index (Phi) is 25.8. The smallest absolute Gasteiger partial charge is 1.00 e. The predicted molar refractivity (Wildman–Crippen MR) is 18.2 cm³/mol. The third-order valence-electron chi connectivity index (χ3n) is 0. The van der Waals surface area contributed by atoms with Gasteiger partial charge in [-0.25, -0.2) is 0 Å². The average Bonchev–Trinajstić information content (AvgIpc) is 0.722. The maximum Gasteiger partial charge on any atom is 1.00 e. The second-order valence-corrected chi connectivity index (χ2v) is 1.80. The van der Waals surface area contributed by atoms with Crippen LogP contribution in [0, 0.1) is 35.6 Å². The molecule has 0 saturated heterocycles. The molecule has 4 nitrogen and oxygen atoms in total. The van der Waals surface area contributed by atoms with Gasteiger partial charge in [-0.2, -0.15) is 0 Å². The fraction of sp³-hybridized carbons (Fsp3) is 0. The fourth-order valence-electron chi connectivity index (χ4n) is 0. The summed E-state index contributed by atoms with van der Waals surface area (Å²) >= 11 is 0. The zero-order valence-electron chi connectivity index (χ0n) is 5.27. The molecule has 0 amide bonds. The van der Waals surface area contributed by atoms with Gasteiger partial charge in [0.1, 0.15) is 0 Å². The van der Waals surface area contributed by atoms with Gasteiger partial charge in [-0.3, -0.25) is 4.70 Å². The van der Waals surface area contributed by atoms with Gasteiger partial charge >= 0.3 is 38.6 Å². The first-order chi connectivity index (χ1) is 2.00. The van der Waals surface area contributed by atoms with Crippen molar-refractivity contribution in [1.29, 1.82) is 0 Å². The average molecular weight is 279 g/mol. The summed E-state index contributed by atoms with van der Waals surface area (Å²) in [7, 11) is -4.61. The van der Waals surface area contributed by atoms with Crippen LogP contribution in [0.3, 0.4) is 0 Å². The molecule has 0 aliphatic rings. The molecule has 0 unspecified atom stereocenters. The van der Waals surface area contributed by atoms with Gasteiger partial charge in [0.15, 0.2) is 0 Å².